The van der Waals surface area contributed by atoms with Gasteiger partial charge in [0.1, 0.15) is 5.15 Å². The second kappa shape index (κ2) is 5.10. The van der Waals surface area contributed by atoms with Crippen molar-refractivity contribution >= 4 is 28.3 Å². The lowest BCUT2D eigenvalue weighted by atomic mass is 9.98. The van der Waals surface area contributed by atoms with Gasteiger partial charge in [-0.3, -0.25) is 0 Å². The Labute approximate surface area is 122 Å². The fraction of sp³-hybridized carbons (Fsp3) is 0.125. The average Bonchev–Trinajstić information content (AvgIpc) is 2.43. The SMILES string of the molecule is Cc1nc(N)nc(Cl)c1Cc1cccc2ccccc12. The molecule has 0 radical (unpaired) electrons. The average molecular weight is 284 g/mol. The Hall–Kier alpha value is -2.13. The third-order valence-corrected chi connectivity index (χ3v) is 3.74. The van der Waals surface area contributed by atoms with E-state index in [9.17, 15) is 0 Å². The number of anilines is 1. The van der Waals surface area contributed by atoms with Crippen LogP contribution in [0.25, 0.3) is 10.8 Å². The fourth-order valence-electron chi connectivity index (χ4n) is 2.42. The minimum Gasteiger partial charge on any atom is -0.368 e. The molecule has 0 saturated carbocycles. The quantitative estimate of drug-likeness (QED) is 0.729. The summed E-state index contributed by atoms with van der Waals surface area (Å²) in [6.07, 6.45) is 0.701. The lowest BCUT2D eigenvalue weighted by Crippen LogP contribution is -2.03. The number of aryl methyl sites for hydroxylation is 1. The molecule has 0 aliphatic carbocycles. The highest BCUT2D eigenvalue weighted by Gasteiger charge is 2.11. The van der Waals surface area contributed by atoms with Crippen LogP contribution < -0.4 is 5.73 Å². The van der Waals surface area contributed by atoms with E-state index in [1.807, 2.05) is 19.1 Å². The molecule has 0 unspecified atom stereocenters. The van der Waals surface area contributed by atoms with Crippen LogP contribution >= 0.6 is 11.6 Å². The van der Waals surface area contributed by atoms with Crippen LogP contribution in [-0.2, 0) is 6.42 Å². The fourth-order valence-corrected chi connectivity index (χ4v) is 2.71. The highest BCUT2D eigenvalue weighted by atomic mass is 35.5. The van der Waals surface area contributed by atoms with E-state index < -0.39 is 0 Å². The molecule has 0 atom stereocenters. The van der Waals surface area contributed by atoms with Gasteiger partial charge in [-0.05, 0) is 23.3 Å². The van der Waals surface area contributed by atoms with Crippen LogP contribution in [0, 0.1) is 6.92 Å². The molecule has 20 heavy (non-hydrogen) atoms. The van der Waals surface area contributed by atoms with Gasteiger partial charge in [-0.1, -0.05) is 54.1 Å². The number of nitrogens with zero attached hydrogens (tertiary/aromatic N) is 2. The summed E-state index contributed by atoms with van der Waals surface area (Å²) in [5.74, 6) is 0.217. The molecular formula is C16H14ClN3. The van der Waals surface area contributed by atoms with Gasteiger partial charge in [0.05, 0.1) is 0 Å². The van der Waals surface area contributed by atoms with Crippen LogP contribution in [0.1, 0.15) is 16.8 Å². The number of hydrogen-bond donors (Lipinski definition) is 1. The maximum atomic E-state index is 6.20. The van der Waals surface area contributed by atoms with Crippen molar-refractivity contribution < 1.29 is 0 Å². The highest BCUT2D eigenvalue weighted by Crippen LogP contribution is 2.25. The zero-order chi connectivity index (χ0) is 14.1. The maximum Gasteiger partial charge on any atom is 0.221 e. The molecule has 3 nitrogen and oxygen atoms in total. The zero-order valence-electron chi connectivity index (χ0n) is 11.1. The number of aromatic nitrogens is 2. The minimum absolute atomic E-state index is 0.217. The third-order valence-electron chi connectivity index (χ3n) is 3.43. The third kappa shape index (κ3) is 2.32. The molecule has 2 aromatic carbocycles. The predicted molar refractivity (Wildman–Crippen MR) is 82.9 cm³/mol. The number of fused-ring (bicyclic) bond motifs is 1. The molecule has 2 N–H and O–H groups in total. The van der Waals surface area contributed by atoms with Crippen molar-refractivity contribution in [3.05, 3.63) is 64.4 Å². The summed E-state index contributed by atoms with van der Waals surface area (Å²) in [5, 5.41) is 2.88. The van der Waals surface area contributed by atoms with Gasteiger partial charge in [0.2, 0.25) is 5.95 Å². The molecule has 0 bridgehead atoms. The van der Waals surface area contributed by atoms with Crippen molar-refractivity contribution in [2.45, 2.75) is 13.3 Å². The molecule has 1 aromatic heterocycles. The summed E-state index contributed by atoms with van der Waals surface area (Å²) < 4.78 is 0. The first-order valence-electron chi connectivity index (χ1n) is 6.40. The Kier molecular flexibility index (Phi) is 3.28. The highest BCUT2D eigenvalue weighted by molar-refractivity contribution is 6.30. The topological polar surface area (TPSA) is 51.8 Å². The van der Waals surface area contributed by atoms with Crippen LogP contribution in [-0.4, -0.2) is 9.97 Å². The number of nitrogen functional groups attached to an aromatic ring is 1. The first-order chi connectivity index (χ1) is 9.65. The van der Waals surface area contributed by atoms with E-state index in [4.69, 9.17) is 17.3 Å². The number of benzene rings is 2. The van der Waals surface area contributed by atoms with Crippen LogP contribution in [0.4, 0.5) is 5.95 Å². The Morgan fingerprint density at radius 3 is 2.60 bits per heavy atom. The van der Waals surface area contributed by atoms with Gasteiger partial charge in [-0.25, -0.2) is 9.97 Å². The van der Waals surface area contributed by atoms with Crippen molar-refractivity contribution in [3.63, 3.8) is 0 Å². The number of nitrogens with two attached hydrogens (primary N) is 1. The lowest BCUT2D eigenvalue weighted by molar-refractivity contribution is 1.03. The molecule has 100 valence electrons. The van der Waals surface area contributed by atoms with Crippen molar-refractivity contribution in [2.75, 3.05) is 5.73 Å². The molecule has 3 rings (SSSR count). The van der Waals surface area contributed by atoms with Gasteiger partial charge in [0, 0.05) is 17.7 Å². The summed E-state index contributed by atoms with van der Waals surface area (Å²) in [5.41, 5.74) is 8.57. The van der Waals surface area contributed by atoms with E-state index in [0.717, 1.165) is 11.3 Å². The van der Waals surface area contributed by atoms with Gasteiger partial charge >= 0.3 is 0 Å². The second-order valence-electron chi connectivity index (χ2n) is 4.75. The molecule has 3 aromatic rings. The van der Waals surface area contributed by atoms with E-state index in [1.165, 1.54) is 16.3 Å². The molecule has 0 aliphatic rings. The molecule has 1 heterocycles. The molecule has 0 fully saturated rings. The van der Waals surface area contributed by atoms with Gasteiger partial charge in [0.15, 0.2) is 0 Å². The van der Waals surface area contributed by atoms with Crippen molar-refractivity contribution in [1.82, 2.24) is 9.97 Å². The van der Waals surface area contributed by atoms with Crippen molar-refractivity contribution in [1.29, 1.82) is 0 Å². The molecule has 0 amide bonds. The molecule has 0 saturated heterocycles. The van der Waals surface area contributed by atoms with Crippen LogP contribution in [0.15, 0.2) is 42.5 Å². The first kappa shape index (κ1) is 12.9. The second-order valence-corrected chi connectivity index (χ2v) is 5.11. The monoisotopic (exact) mass is 283 g/mol. The standard InChI is InChI=1S/C16H14ClN3/c1-10-14(15(17)20-16(18)19-10)9-12-7-4-6-11-5-2-3-8-13(11)12/h2-8H,9H2,1H3,(H2,18,19,20). The predicted octanol–water partition coefficient (Wildman–Crippen LogP) is 3.76. The summed E-state index contributed by atoms with van der Waals surface area (Å²) in [7, 11) is 0. The first-order valence-corrected chi connectivity index (χ1v) is 6.78. The van der Waals surface area contributed by atoms with Gasteiger partial charge in [0.25, 0.3) is 0 Å². The summed E-state index contributed by atoms with van der Waals surface area (Å²) in [4.78, 5) is 8.24. The number of rotatable bonds is 2. The molecular weight excluding hydrogens is 270 g/mol. The van der Waals surface area contributed by atoms with E-state index >= 15 is 0 Å². The van der Waals surface area contributed by atoms with E-state index in [-0.39, 0.29) is 5.95 Å². The number of hydrogen-bond acceptors (Lipinski definition) is 3. The van der Waals surface area contributed by atoms with Gasteiger partial charge in [-0.15, -0.1) is 0 Å². The van der Waals surface area contributed by atoms with E-state index in [2.05, 4.69) is 40.3 Å². The summed E-state index contributed by atoms with van der Waals surface area (Å²) in [6.45, 7) is 1.91. The van der Waals surface area contributed by atoms with Gasteiger partial charge < -0.3 is 5.73 Å². The number of halogens is 1. The summed E-state index contributed by atoms with van der Waals surface area (Å²) >= 11 is 6.20. The smallest absolute Gasteiger partial charge is 0.221 e. The Bertz CT molecular complexity index is 755. The Morgan fingerprint density at radius 2 is 1.80 bits per heavy atom. The Balaban J connectivity index is 2.10. The normalized spacial score (nSPS) is 10.9. The molecule has 0 aliphatic heterocycles. The van der Waals surface area contributed by atoms with Crippen LogP contribution in [0.2, 0.25) is 5.15 Å². The summed E-state index contributed by atoms with van der Waals surface area (Å²) in [6, 6.07) is 14.6. The van der Waals surface area contributed by atoms with E-state index in [0.29, 0.717) is 11.6 Å². The minimum atomic E-state index is 0.217. The Morgan fingerprint density at radius 1 is 1.05 bits per heavy atom. The zero-order valence-corrected chi connectivity index (χ0v) is 11.9. The van der Waals surface area contributed by atoms with Crippen molar-refractivity contribution in [3.8, 4) is 0 Å². The van der Waals surface area contributed by atoms with Crippen LogP contribution in [0.3, 0.4) is 0 Å². The maximum absolute atomic E-state index is 6.20. The molecule has 0 spiro atoms. The van der Waals surface area contributed by atoms with Crippen molar-refractivity contribution in [2.24, 2.45) is 0 Å². The lowest BCUT2D eigenvalue weighted by Gasteiger charge is -2.10. The van der Waals surface area contributed by atoms with Gasteiger partial charge in [-0.2, -0.15) is 0 Å². The van der Waals surface area contributed by atoms with Crippen LogP contribution in [0.5, 0.6) is 0 Å². The largest absolute Gasteiger partial charge is 0.368 e. The molecule has 4 heteroatoms. The van der Waals surface area contributed by atoms with E-state index in [1.54, 1.807) is 0 Å².